The number of ether oxygens (including phenoxy) is 2. The fourth-order valence-corrected chi connectivity index (χ4v) is 2.42. The molecular weight excluding hydrogens is 368 g/mol. The molecule has 1 fully saturated rings. The lowest BCUT2D eigenvalue weighted by Gasteiger charge is -2.15. The van der Waals surface area contributed by atoms with E-state index in [2.05, 4.69) is 21.9 Å². The van der Waals surface area contributed by atoms with Crippen LogP contribution in [0.4, 0.5) is 4.79 Å². The third kappa shape index (κ3) is 3.70. The van der Waals surface area contributed by atoms with Crippen molar-refractivity contribution in [1.82, 2.24) is 10.6 Å². The predicted molar refractivity (Wildman–Crippen MR) is 84.7 cm³/mol. The average molecular weight is 379 g/mol. The first-order valence-electron chi connectivity index (χ1n) is 6.28. The van der Waals surface area contributed by atoms with Gasteiger partial charge in [-0.25, -0.2) is 4.79 Å². The second-order valence-electron chi connectivity index (χ2n) is 4.32. The Kier molecular flexibility index (Phi) is 5.03. The third-order valence-electron chi connectivity index (χ3n) is 2.81. The van der Waals surface area contributed by atoms with Gasteiger partial charge in [0, 0.05) is 0 Å². The Labute approximate surface area is 140 Å². The first-order valence-corrected chi connectivity index (χ1v) is 7.07. The molecule has 0 spiro atoms. The van der Waals surface area contributed by atoms with E-state index >= 15 is 0 Å². The Bertz CT molecular complexity index is 742. The molecule has 1 saturated heterocycles. The van der Waals surface area contributed by atoms with Gasteiger partial charge in [0.05, 0.1) is 11.6 Å². The Morgan fingerprint density at radius 2 is 1.91 bits per heavy atom. The molecule has 8 heteroatoms. The molecule has 1 heterocycles. The van der Waals surface area contributed by atoms with Crippen molar-refractivity contribution in [3.05, 3.63) is 27.7 Å². The maximum atomic E-state index is 11.7. The molecule has 0 atom stereocenters. The van der Waals surface area contributed by atoms with Crippen LogP contribution in [0.2, 0.25) is 0 Å². The summed E-state index contributed by atoms with van der Waals surface area (Å²) in [5, 5.41) is 3.99. The van der Waals surface area contributed by atoms with E-state index in [0.29, 0.717) is 21.5 Å². The third-order valence-corrected chi connectivity index (χ3v) is 3.40. The molecule has 1 aromatic rings. The number of urea groups is 1. The van der Waals surface area contributed by atoms with Gasteiger partial charge in [-0.2, -0.15) is 0 Å². The van der Waals surface area contributed by atoms with E-state index in [-0.39, 0.29) is 12.2 Å². The molecule has 7 nitrogen and oxygen atoms in total. The number of methoxy groups -OCH3 is 1. The molecule has 118 valence electrons. The number of imide groups is 2. The summed E-state index contributed by atoms with van der Waals surface area (Å²) >= 11 is 3.32. The summed E-state index contributed by atoms with van der Waals surface area (Å²) < 4.78 is 11.1. The summed E-state index contributed by atoms with van der Waals surface area (Å²) in [6.45, 7) is 0.0579. The van der Waals surface area contributed by atoms with E-state index in [4.69, 9.17) is 15.9 Å². The van der Waals surface area contributed by atoms with E-state index < -0.39 is 17.8 Å². The van der Waals surface area contributed by atoms with Crippen LogP contribution in [0, 0.1) is 12.3 Å². The van der Waals surface area contributed by atoms with Crippen molar-refractivity contribution in [1.29, 1.82) is 0 Å². The van der Waals surface area contributed by atoms with Crippen molar-refractivity contribution in [2.24, 2.45) is 0 Å². The van der Waals surface area contributed by atoms with Crippen LogP contribution in [0.15, 0.2) is 22.2 Å². The summed E-state index contributed by atoms with van der Waals surface area (Å²) in [7, 11) is 1.44. The number of carbonyl (C=O) groups is 3. The van der Waals surface area contributed by atoms with Gasteiger partial charge in [0.1, 0.15) is 12.2 Å². The average Bonchev–Trinajstić information content (AvgIpc) is 2.49. The topological polar surface area (TPSA) is 93.7 Å². The number of halogens is 1. The maximum Gasteiger partial charge on any atom is 0.328 e. The van der Waals surface area contributed by atoms with Crippen molar-refractivity contribution in [2.75, 3.05) is 13.7 Å². The monoisotopic (exact) mass is 378 g/mol. The van der Waals surface area contributed by atoms with Gasteiger partial charge in [0.25, 0.3) is 11.8 Å². The minimum absolute atomic E-state index is 0.0579. The van der Waals surface area contributed by atoms with E-state index in [9.17, 15) is 14.4 Å². The highest BCUT2D eigenvalue weighted by Crippen LogP contribution is 2.37. The van der Waals surface area contributed by atoms with Crippen LogP contribution in [0.3, 0.4) is 0 Å². The van der Waals surface area contributed by atoms with Gasteiger partial charge < -0.3 is 9.47 Å². The minimum Gasteiger partial charge on any atom is -0.493 e. The summed E-state index contributed by atoms with van der Waals surface area (Å²) in [6.07, 6.45) is 6.49. The van der Waals surface area contributed by atoms with Crippen LogP contribution in [0.1, 0.15) is 5.56 Å². The fraction of sp³-hybridized carbons (Fsp3) is 0.133. The van der Waals surface area contributed by atoms with Crippen molar-refractivity contribution in [2.45, 2.75) is 0 Å². The van der Waals surface area contributed by atoms with Crippen LogP contribution in [0.25, 0.3) is 6.08 Å². The lowest BCUT2D eigenvalue weighted by atomic mass is 10.1. The molecule has 2 N–H and O–H groups in total. The summed E-state index contributed by atoms with van der Waals surface area (Å²) in [5.41, 5.74) is 0.298. The molecular formula is C15H11BrN2O5. The zero-order chi connectivity index (χ0) is 17.0. The zero-order valence-corrected chi connectivity index (χ0v) is 13.5. The molecule has 4 amide bonds. The molecule has 1 aliphatic heterocycles. The van der Waals surface area contributed by atoms with Gasteiger partial charge in [-0.05, 0) is 39.7 Å². The number of hydrogen-bond acceptors (Lipinski definition) is 5. The molecule has 2 rings (SSSR count). The Morgan fingerprint density at radius 1 is 1.26 bits per heavy atom. The number of hydrogen-bond donors (Lipinski definition) is 2. The van der Waals surface area contributed by atoms with Gasteiger partial charge in [0.2, 0.25) is 0 Å². The second kappa shape index (κ2) is 6.98. The largest absolute Gasteiger partial charge is 0.493 e. The van der Waals surface area contributed by atoms with E-state index in [0.717, 1.165) is 0 Å². The molecule has 1 aromatic carbocycles. The summed E-state index contributed by atoms with van der Waals surface area (Å²) in [5.74, 6) is 1.56. The highest BCUT2D eigenvalue weighted by molar-refractivity contribution is 9.10. The van der Waals surface area contributed by atoms with Gasteiger partial charge in [0.15, 0.2) is 11.5 Å². The SMILES string of the molecule is C#CCOc1c(Br)cc(C=C2C(=O)NC(=O)NC2=O)cc1OC. The van der Waals surface area contributed by atoms with Gasteiger partial charge in [-0.3, -0.25) is 20.2 Å². The van der Waals surface area contributed by atoms with Gasteiger partial charge in [-0.15, -0.1) is 6.42 Å². The summed E-state index contributed by atoms with van der Waals surface area (Å²) in [6, 6.07) is 2.34. The van der Waals surface area contributed by atoms with Crippen molar-refractivity contribution in [3.63, 3.8) is 0 Å². The molecule has 0 aromatic heterocycles. The lowest BCUT2D eigenvalue weighted by Crippen LogP contribution is -2.51. The molecule has 0 unspecified atom stereocenters. The van der Waals surface area contributed by atoms with Crippen molar-refractivity contribution < 1.29 is 23.9 Å². The minimum atomic E-state index is -0.853. The quantitative estimate of drug-likeness (QED) is 0.466. The fourth-order valence-electron chi connectivity index (χ4n) is 1.85. The van der Waals surface area contributed by atoms with E-state index in [1.807, 2.05) is 10.6 Å². The van der Waals surface area contributed by atoms with Crippen molar-refractivity contribution >= 4 is 39.9 Å². The van der Waals surface area contributed by atoms with Crippen LogP contribution >= 0.6 is 15.9 Å². The Morgan fingerprint density at radius 3 is 2.48 bits per heavy atom. The number of terminal acetylenes is 1. The number of nitrogens with one attached hydrogen (secondary N) is 2. The summed E-state index contributed by atoms with van der Waals surface area (Å²) in [4.78, 5) is 34.5. The van der Waals surface area contributed by atoms with Crippen LogP contribution < -0.4 is 20.1 Å². The highest BCUT2D eigenvalue weighted by Gasteiger charge is 2.27. The molecule has 1 aliphatic rings. The van der Waals surface area contributed by atoms with Gasteiger partial charge in [-0.1, -0.05) is 5.92 Å². The van der Waals surface area contributed by atoms with Crippen molar-refractivity contribution in [3.8, 4) is 23.8 Å². The molecule has 0 bridgehead atoms. The van der Waals surface area contributed by atoms with Crippen LogP contribution in [-0.4, -0.2) is 31.6 Å². The van der Waals surface area contributed by atoms with E-state index in [1.165, 1.54) is 13.2 Å². The zero-order valence-electron chi connectivity index (χ0n) is 11.9. The van der Waals surface area contributed by atoms with Gasteiger partial charge >= 0.3 is 6.03 Å². The predicted octanol–water partition coefficient (Wildman–Crippen LogP) is 1.22. The lowest BCUT2D eigenvalue weighted by molar-refractivity contribution is -0.123. The van der Waals surface area contributed by atoms with E-state index in [1.54, 1.807) is 12.1 Å². The molecule has 0 radical (unpaired) electrons. The number of barbiturate groups is 1. The maximum absolute atomic E-state index is 11.7. The molecule has 0 aliphatic carbocycles. The smallest absolute Gasteiger partial charge is 0.328 e. The molecule has 0 saturated carbocycles. The number of amides is 4. The highest BCUT2D eigenvalue weighted by atomic mass is 79.9. The van der Waals surface area contributed by atoms with Crippen LogP contribution in [0.5, 0.6) is 11.5 Å². The number of rotatable bonds is 4. The second-order valence-corrected chi connectivity index (χ2v) is 5.18. The Hall–Kier alpha value is -2.79. The number of benzene rings is 1. The first-order chi connectivity index (χ1) is 11.0. The normalized spacial score (nSPS) is 13.8. The molecule has 23 heavy (non-hydrogen) atoms. The first kappa shape index (κ1) is 16.6. The number of carbonyl (C=O) groups excluding carboxylic acids is 3. The van der Waals surface area contributed by atoms with Crippen LogP contribution in [-0.2, 0) is 9.59 Å². The standard InChI is InChI=1S/C15H11BrN2O5/c1-3-4-23-12-10(16)6-8(7-11(12)22-2)5-9-13(19)17-15(21)18-14(9)20/h1,5-7H,4H2,2H3,(H2,17,18,19,20,21). The Balaban J connectivity index is 2.41.